The highest BCUT2D eigenvalue weighted by atomic mass is 16.1. The highest BCUT2D eigenvalue weighted by molar-refractivity contribution is 5.75. The molecule has 1 aliphatic rings. The van der Waals surface area contributed by atoms with Crippen molar-refractivity contribution in [2.24, 2.45) is 0 Å². The Hall–Kier alpha value is -4.07. The maximum absolute atomic E-state index is 12.6. The summed E-state index contributed by atoms with van der Waals surface area (Å²) in [5.74, 6) is 0.415. The Balaban J connectivity index is 1.71. The number of hydrogen-bond donors (Lipinski definition) is 2. The molecule has 0 saturated heterocycles. The van der Waals surface area contributed by atoms with Gasteiger partial charge in [0, 0.05) is 5.56 Å². The molecule has 2 aromatic heterocycles. The van der Waals surface area contributed by atoms with Crippen LogP contribution >= 0.6 is 0 Å². The van der Waals surface area contributed by atoms with Gasteiger partial charge in [0.1, 0.15) is 11.7 Å². The van der Waals surface area contributed by atoms with Crippen molar-refractivity contribution in [1.82, 2.24) is 30.4 Å². The smallest absolute Gasteiger partial charge is 0.288 e. The molecular formula is C21H17N7O. The summed E-state index contributed by atoms with van der Waals surface area (Å²) in [7, 11) is 0. The number of aromatic amines is 1. The Labute approximate surface area is 165 Å². The minimum Gasteiger partial charge on any atom is -0.318 e. The van der Waals surface area contributed by atoms with Crippen LogP contribution < -0.4 is 10.9 Å². The quantitative estimate of drug-likeness (QED) is 0.497. The Morgan fingerprint density at radius 3 is 2.62 bits per heavy atom. The van der Waals surface area contributed by atoms with Gasteiger partial charge in [-0.15, -0.1) is 0 Å². The lowest BCUT2D eigenvalue weighted by Crippen LogP contribution is -2.29. The molecule has 0 radical (unpaired) electrons. The number of aryl methyl sites for hydroxylation is 1. The number of hydrogen-bond acceptors (Lipinski definition) is 6. The highest BCUT2D eigenvalue weighted by Crippen LogP contribution is 2.38. The Morgan fingerprint density at radius 1 is 1.03 bits per heavy atom. The second-order valence-electron chi connectivity index (χ2n) is 6.86. The lowest BCUT2D eigenvalue weighted by atomic mass is 9.94. The first-order valence-electron chi connectivity index (χ1n) is 9.18. The molecule has 0 spiro atoms. The standard InChI is InChI=1S/C21H17N7O/c1-13-7-10-15(11-8-13)19-17-16(12-9-14-5-3-2-4-6-14)23-24-20(29)18(17)22-21-25-26-27-28(19)21/h2-12,19H,1H3,(H,24,29)(H,22,25,27)/b12-9+/t19-/m0/s1. The van der Waals surface area contributed by atoms with Crippen molar-refractivity contribution in [3.8, 4) is 0 Å². The average Bonchev–Trinajstić information content (AvgIpc) is 3.22. The Bertz CT molecular complexity index is 1260. The fourth-order valence-corrected chi connectivity index (χ4v) is 3.49. The summed E-state index contributed by atoms with van der Waals surface area (Å²) < 4.78 is 1.67. The van der Waals surface area contributed by atoms with Gasteiger partial charge in [0.15, 0.2) is 0 Å². The molecule has 0 saturated carbocycles. The van der Waals surface area contributed by atoms with Crippen molar-refractivity contribution < 1.29 is 0 Å². The van der Waals surface area contributed by atoms with Crippen LogP contribution in [0.2, 0.25) is 0 Å². The fourth-order valence-electron chi connectivity index (χ4n) is 3.49. The first-order chi connectivity index (χ1) is 14.2. The van der Waals surface area contributed by atoms with Crippen molar-refractivity contribution in [3.63, 3.8) is 0 Å². The summed E-state index contributed by atoms with van der Waals surface area (Å²) >= 11 is 0. The summed E-state index contributed by atoms with van der Waals surface area (Å²) in [5.41, 5.74) is 4.60. The van der Waals surface area contributed by atoms with E-state index in [1.165, 1.54) is 0 Å². The van der Waals surface area contributed by atoms with Crippen LogP contribution in [0, 0.1) is 6.92 Å². The summed E-state index contributed by atoms with van der Waals surface area (Å²) in [6.45, 7) is 2.03. The van der Waals surface area contributed by atoms with E-state index in [0.29, 0.717) is 17.3 Å². The molecule has 8 nitrogen and oxygen atoms in total. The first kappa shape index (κ1) is 17.1. The summed E-state index contributed by atoms with van der Waals surface area (Å²) in [5, 5.41) is 21.9. The van der Waals surface area contributed by atoms with Gasteiger partial charge in [-0.1, -0.05) is 71.3 Å². The SMILES string of the molecule is Cc1ccc([C@H]2c3c(/C=C/c4ccccc4)n[nH]c(=O)c3Nc3nnnn32)cc1. The van der Waals surface area contributed by atoms with Gasteiger partial charge in [0.2, 0.25) is 5.95 Å². The zero-order valence-corrected chi connectivity index (χ0v) is 15.6. The molecule has 29 heavy (non-hydrogen) atoms. The van der Waals surface area contributed by atoms with Gasteiger partial charge in [-0.3, -0.25) is 4.79 Å². The molecule has 1 aliphatic heterocycles. The van der Waals surface area contributed by atoms with Gasteiger partial charge in [0.25, 0.3) is 5.56 Å². The number of tetrazole rings is 1. The van der Waals surface area contributed by atoms with Gasteiger partial charge < -0.3 is 5.32 Å². The third-order valence-corrected chi connectivity index (χ3v) is 4.92. The van der Waals surface area contributed by atoms with Crippen LogP contribution in [0.15, 0.2) is 59.4 Å². The van der Waals surface area contributed by atoms with Crippen LogP contribution in [-0.2, 0) is 0 Å². The van der Waals surface area contributed by atoms with E-state index in [4.69, 9.17) is 0 Å². The number of rotatable bonds is 3. The molecule has 5 rings (SSSR count). The molecule has 0 aliphatic carbocycles. The fraction of sp³-hybridized carbons (Fsp3) is 0.0952. The normalized spacial score (nSPS) is 15.0. The monoisotopic (exact) mass is 383 g/mol. The van der Waals surface area contributed by atoms with Gasteiger partial charge >= 0.3 is 0 Å². The largest absolute Gasteiger partial charge is 0.318 e. The second-order valence-corrected chi connectivity index (χ2v) is 6.86. The first-order valence-corrected chi connectivity index (χ1v) is 9.18. The summed E-state index contributed by atoms with van der Waals surface area (Å²) in [4.78, 5) is 12.6. The van der Waals surface area contributed by atoms with E-state index >= 15 is 0 Å². The molecule has 2 aromatic carbocycles. The molecule has 0 unspecified atom stereocenters. The highest BCUT2D eigenvalue weighted by Gasteiger charge is 2.33. The van der Waals surface area contributed by atoms with E-state index in [1.807, 2.05) is 73.7 Å². The van der Waals surface area contributed by atoms with Crippen molar-refractivity contribution >= 4 is 23.8 Å². The van der Waals surface area contributed by atoms with Crippen LogP contribution in [0.3, 0.4) is 0 Å². The third kappa shape index (κ3) is 3.00. The van der Waals surface area contributed by atoms with E-state index in [1.54, 1.807) is 4.68 Å². The number of fused-ring (bicyclic) bond motifs is 2. The topological polar surface area (TPSA) is 101 Å². The molecule has 2 N–H and O–H groups in total. The van der Waals surface area contributed by atoms with Crippen molar-refractivity contribution in [2.75, 3.05) is 5.32 Å². The maximum Gasteiger partial charge on any atom is 0.288 e. The zero-order chi connectivity index (χ0) is 19.8. The number of benzene rings is 2. The Kier molecular flexibility index (Phi) is 4.02. The minimum atomic E-state index is -0.373. The van der Waals surface area contributed by atoms with Crippen LogP contribution in [0.1, 0.15) is 34.0 Å². The van der Waals surface area contributed by atoms with Gasteiger partial charge in [-0.05, 0) is 34.6 Å². The summed E-state index contributed by atoms with van der Waals surface area (Å²) in [6, 6.07) is 17.6. The van der Waals surface area contributed by atoms with Gasteiger partial charge in [0.05, 0.1) is 5.69 Å². The zero-order valence-electron chi connectivity index (χ0n) is 15.6. The molecule has 4 aromatic rings. The molecule has 142 valence electrons. The predicted molar refractivity (Wildman–Crippen MR) is 110 cm³/mol. The number of H-pyrrole nitrogens is 1. The molecule has 1 atom stereocenters. The maximum atomic E-state index is 12.6. The number of nitrogens with one attached hydrogen (secondary N) is 2. The van der Waals surface area contributed by atoms with E-state index in [0.717, 1.165) is 22.3 Å². The summed E-state index contributed by atoms with van der Waals surface area (Å²) in [6.07, 6.45) is 3.85. The van der Waals surface area contributed by atoms with E-state index < -0.39 is 0 Å². The lowest BCUT2D eigenvalue weighted by molar-refractivity contribution is 0.565. The molecule has 0 fully saturated rings. The van der Waals surface area contributed by atoms with Gasteiger partial charge in [-0.25, -0.2) is 5.10 Å². The van der Waals surface area contributed by atoms with E-state index in [9.17, 15) is 4.79 Å². The van der Waals surface area contributed by atoms with E-state index in [2.05, 4.69) is 31.0 Å². The van der Waals surface area contributed by atoms with Gasteiger partial charge in [-0.2, -0.15) is 9.78 Å². The predicted octanol–water partition coefficient (Wildman–Crippen LogP) is 2.93. The van der Waals surface area contributed by atoms with Crippen molar-refractivity contribution in [2.45, 2.75) is 13.0 Å². The van der Waals surface area contributed by atoms with E-state index in [-0.39, 0.29) is 11.6 Å². The molecular weight excluding hydrogens is 366 g/mol. The minimum absolute atomic E-state index is 0.316. The number of anilines is 2. The molecule has 8 heteroatoms. The molecule has 3 heterocycles. The second kappa shape index (κ2) is 6.83. The molecule has 0 amide bonds. The average molecular weight is 383 g/mol. The number of aromatic nitrogens is 6. The van der Waals surface area contributed by atoms with Crippen LogP contribution in [-0.4, -0.2) is 30.4 Å². The van der Waals surface area contributed by atoms with Crippen LogP contribution in [0.25, 0.3) is 12.2 Å². The lowest BCUT2D eigenvalue weighted by Gasteiger charge is -2.27. The van der Waals surface area contributed by atoms with Crippen LogP contribution in [0.5, 0.6) is 0 Å². The number of nitrogens with zero attached hydrogens (tertiary/aromatic N) is 5. The van der Waals surface area contributed by atoms with Crippen molar-refractivity contribution in [3.05, 3.63) is 92.9 Å². The Morgan fingerprint density at radius 2 is 1.83 bits per heavy atom. The third-order valence-electron chi connectivity index (χ3n) is 4.92. The van der Waals surface area contributed by atoms with Crippen LogP contribution in [0.4, 0.5) is 11.6 Å². The van der Waals surface area contributed by atoms with Crippen molar-refractivity contribution in [1.29, 1.82) is 0 Å². The molecule has 0 bridgehead atoms.